The van der Waals surface area contributed by atoms with Gasteiger partial charge in [0.15, 0.2) is 0 Å². The zero-order valence-electron chi connectivity index (χ0n) is 12.3. The fourth-order valence-corrected chi connectivity index (χ4v) is 2.25. The molecule has 2 nitrogen and oxygen atoms in total. The summed E-state index contributed by atoms with van der Waals surface area (Å²) in [5.41, 5.74) is 0.955. The molecule has 2 rings (SSSR count). The summed E-state index contributed by atoms with van der Waals surface area (Å²) in [6, 6.07) is 10.6. The number of aliphatic hydroxyl groups is 1. The van der Waals surface area contributed by atoms with E-state index in [4.69, 9.17) is 0 Å². The van der Waals surface area contributed by atoms with Gasteiger partial charge in [-0.15, -0.1) is 0 Å². The molecule has 0 saturated heterocycles. The molecule has 0 aliphatic heterocycles. The van der Waals surface area contributed by atoms with Crippen LogP contribution in [0.2, 0.25) is 0 Å². The van der Waals surface area contributed by atoms with Crippen molar-refractivity contribution in [1.29, 1.82) is 0 Å². The molecular weight excluding hydrogens is 253 g/mol. The van der Waals surface area contributed by atoms with E-state index in [0.717, 1.165) is 10.9 Å². The van der Waals surface area contributed by atoms with E-state index in [9.17, 15) is 9.50 Å². The van der Waals surface area contributed by atoms with Gasteiger partial charge in [-0.2, -0.15) is 0 Å². The predicted molar refractivity (Wildman–Crippen MR) is 81.4 cm³/mol. The first-order valence-corrected chi connectivity index (χ1v) is 6.96. The highest BCUT2D eigenvalue weighted by Gasteiger charge is 2.14. The molecule has 0 saturated carbocycles. The lowest BCUT2D eigenvalue weighted by molar-refractivity contribution is 0.161. The summed E-state index contributed by atoms with van der Waals surface area (Å²) in [4.78, 5) is 0. The van der Waals surface area contributed by atoms with Gasteiger partial charge >= 0.3 is 0 Å². The second-order valence-electron chi connectivity index (χ2n) is 6.24. The fraction of sp³-hybridized carbons (Fsp3) is 0.412. The van der Waals surface area contributed by atoms with E-state index in [-0.39, 0.29) is 11.4 Å². The van der Waals surface area contributed by atoms with E-state index < -0.39 is 6.10 Å². The number of nitrogens with one attached hydrogen (secondary N) is 1. The minimum absolute atomic E-state index is 0.0220. The Balaban J connectivity index is 2.16. The molecule has 0 aliphatic carbocycles. The number of hydrogen-bond donors (Lipinski definition) is 2. The lowest BCUT2D eigenvalue weighted by Crippen LogP contribution is -2.41. The van der Waals surface area contributed by atoms with Crippen LogP contribution in [0.1, 0.15) is 26.3 Å². The van der Waals surface area contributed by atoms with Gasteiger partial charge < -0.3 is 10.4 Å². The minimum atomic E-state index is -0.483. The van der Waals surface area contributed by atoms with Crippen LogP contribution in [0.15, 0.2) is 36.4 Å². The van der Waals surface area contributed by atoms with E-state index in [2.05, 4.69) is 26.1 Å². The second-order valence-corrected chi connectivity index (χ2v) is 6.24. The van der Waals surface area contributed by atoms with E-state index >= 15 is 0 Å². The second kappa shape index (κ2) is 5.90. The van der Waals surface area contributed by atoms with Gasteiger partial charge in [0, 0.05) is 23.9 Å². The van der Waals surface area contributed by atoms with Crippen molar-refractivity contribution in [2.45, 2.75) is 38.8 Å². The molecule has 108 valence electrons. The summed E-state index contributed by atoms with van der Waals surface area (Å²) in [6.07, 6.45) is 0.0345. The van der Waals surface area contributed by atoms with Gasteiger partial charge in [-0.05, 0) is 37.8 Å². The van der Waals surface area contributed by atoms with Crippen LogP contribution in [0.3, 0.4) is 0 Å². The highest BCUT2D eigenvalue weighted by molar-refractivity contribution is 5.86. The SMILES string of the molecule is CC(C)(C)NC[C@H](O)Cc1ccc(F)c2ccccc12. The number of fused-ring (bicyclic) bond motifs is 1. The van der Waals surface area contributed by atoms with Gasteiger partial charge in [0.25, 0.3) is 0 Å². The Hall–Kier alpha value is -1.45. The molecule has 0 heterocycles. The van der Waals surface area contributed by atoms with Crippen LogP contribution in [0, 0.1) is 5.82 Å². The lowest BCUT2D eigenvalue weighted by Gasteiger charge is -2.23. The van der Waals surface area contributed by atoms with E-state index in [1.807, 2.05) is 18.2 Å². The average Bonchev–Trinajstić information content (AvgIpc) is 2.39. The van der Waals surface area contributed by atoms with Gasteiger partial charge in [0.2, 0.25) is 0 Å². The fourth-order valence-electron chi connectivity index (χ4n) is 2.25. The maximum atomic E-state index is 13.7. The molecular formula is C17H22FNO. The van der Waals surface area contributed by atoms with Crippen LogP contribution < -0.4 is 5.32 Å². The molecule has 0 unspecified atom stereocenters. The van der Waals surface area contributed by atoms with Gasteiger partial charge in [-0.25, -0.2) is 4.39 Å². The Kier molecular flexibility index (Phi) is 4.41. The van der Waals surface area contributed by atoms with Crippen LogP contribution in [0.4, 0.5) is 4.39 Å². The Morgan fingerprint density at radius 1 is 1.10 bits per heavy atom. The van der Waals surface area contributed by atoms with Crippen LogP contribution >= 0.6 is 0 Å². The first-order chi connectivity index (χ1) is 9.37. The molecule has 2 aromatic rings. The molecule has 0 aromatic heterocycles. The Morgan fingerprint density at radius 2 is 1.75 bits per heavy atom. The van der Waals surface area contributed by atoms with Crippen molar-refractivity contribution in [2.24, 2.45) is 0 Å². The van der Waals surface area contributed by atoms with Crippen molar-refractivity contribution in [3.63, 3.8) is 0 Å². The summed E-state index contributed by atoms with van der Waals surface area (Å²) in [5, 5.41) is 14.9. The number of benzene rings is 2. The topological polar surface area (TPSA) is 32.3 Å². The molecule has 2 N–H and O–H groups in total. The minimum Gasteiger partial charge on any atom is -0.391 e. The van der Waals surface area contributed by atoms with Crippen LogP contribution in [-0.4, -0.2) is 23.3 Å². The normalized spacial score (nSPS) is 13.7. The number of hydrogen-bond acceptors (Lipinski definition) is 2. The maximum absolute atomic E-state index is 13.7. The monoisotopic (exact) mass is 275 g/mol. The number of aliphatic hydroxyl groups excluding tert-OH is 1. The molecule has 0 radical (unpaired) electrons. The number of halogens is 1. The first kappa shape index (κ1) is 14.9. The molecule has 0 amide bonds. The Labute approximate surface area is 119 Å². The average molecular weight is 275 g/mol. The Morgan fingerprint density at radius 3 is 2.40 bits per heavy atom. The third-order valence-corrected chi connectivity index (χ3v) is 3.28. The molecule has 0 fully saturated rings. The van der Waals surface area contributed by atoms with Crippen LogP contribution in [0.5, 0.6) is 0 Å². The van der Waals surface area contributed by atoms with Crippen LogP contribution in [-0.2, 0) is 6.42 Å². The summed E-state index contributed by atoms with van der Waals surface area (Å²) < 4.78 is 13.7. The van der Waals surface area contributed by atoms with Gasteiger partial charge in [0.05, 0.1) is 6.10 Å². The van der Waals surface area contributed by atoms with E-state index in [1.165, 1.54) is 6.07 Å². The summed E-state index contributed by atoms with van der Waals surface area (Å²) in [7, 11) is 0. The predicted octanol–water partition coefficient (Wildman–Crippen LogP) is 3.27. The molecule has 2 aromatic carbocycles. The smallest absolute Gasteiger partial charge is 0.131 e. The third-order valence-electron chi connectivity index (χ3n) is 3.28. The summed E-state index contributed by atoms with van der Waals surface area (Å²) in [5.74, 6) is -0.216. The van der Waals surface area contributed by atoms with Gasteiger partial charge in [-0.3, -0.25) is 0 Å². The van der Waals surface area contributed by atoms with Crippen molar-refractivity contribution in [2.75, 3.05) is 6.54 Å². The molecule has 0 aliphatic rings. The van der Waals surface area contributed by atoms with Crippen molar-refractivity contribution in [1.82, 2.24) is 5.32 Å². The van der Waals surface area contributed by atoms with Gasteiger partial charge in [0.1, 0.15) is 5.82 Å². The lowest BCUT2D eigenvalue weighted by atomic mass is 9.99. The summed E-state index contributed by atoms with van der Waals surface area (Å²) >= 11 is 0. The number of β-amino-alcohol motifs (C(OH)–C–C–N with tert-alkyl or cyclic N) is 1. The molecule has 0 spiro atoms. The maximum Gasteiger partial charge on any atom is 0.131 e. The highest BCUT2D eigenvalue weighted by Crippen LogP contribution is 2.22. The molecule has 3 heteroatoms. The zero-order chi connectivity index (χ0) is 14.8. The number of rotatable bonds is 4. The van der Waals surface area contributed by atoms with E-state index in [0.29, 0.717) is 18.4 Å². The molecule has 20 heavy (non-hydrogen) atoms. The van der Waals surface area contributed by atoms with Crippen molar-refractivity contribution in [3.05, 3.63) is 47.8 Å². The molecule has 1 atom stereocenters. The largest absolute Gasteiger partial charge is 0.391 e. The van der Waals surface area contributed by atoms with Crippen molar-refractivity contribution in [3.8, 4) is 0 Å². The third kappa shape index (κ3) is 3.78. The first-order valence-electron chi connectivity index (χ1n) is 6.96. The highest BCUT2D eigenvalue weighted by atomic mass is 19.1. The van der Waals surface area contributed by atoms with Crippen molar-refractivity contribution < 1.29 is 9.50 Å². The summed E-state index contributed by atoms with van der Waals surface area (Å²) in [6.45, 7) is 6.71. The standard InChI is InChI=1S/C17H22FNO/c1-17(2,3)19-11-13(20)10-12-8-9-16(18)15-7-5-4-6-14(12)15/h4-9,13,19-20H,10-11H2,1-3H3/t13-/m1/s1. The van der Waals surface area contributed by atoms with Crippen LogP contribution in [0.25, 0.3) is 10.8 Å². The Bertz CT molecular complexity index is 589. The van der Waals surface area contributed by atoms with E-state index in [1.54, 1.807) is 12.1 Å². The zero-order valence-corrected chi connectivity index (χ0v) is 12.3. The quantitative estimate of drug-likeness (QED) is 0.897. The molecule has 0 bridgehead atoms. The van der Waals surface area contributed by atoms with Gasteiger partial charge in [-0.1, -0.05) is 30.3 Å². The van der Waals surface area contributed by atoms with Crippen molar-refractivity contribution >= 4 is 10.8 Å².